The normalized spacial score (nSPS) is 11.5. The number of halogens is 2. The van der Waals surface area contributed by atoms with Gasteiger partial charge in [0.15, 0.2) is 6.10 Å². The summed E-state index contributed by atoms with van der Waals surface area (Å²) in [6.07, 6.45) is -0.909. The zero-order chi connectivity index (χ0) is 17.7. The highest BCUT2D eigenvalue weighted by molar-refractivity contribution is 6.35. The van der Waals surface area contributed by atoms with Gasteiger partial charge in [-0.3, -0.25) is 20.4 Å². The van der Waals surface area contributed by atoms with Gasteiger partial charge in [0.05, 0.1) is 5.02 Å². The minimum atomic E-state index is -0.909. The summed E-state index contributed by atoms with van der Waals surface area (Å²) < 4.78 is 5.43. The van der Waals surface area contributed by atoms with Crippen LogP contribution in [0.1, 0.15) is 17.3 Å². The lowest BCUT2D eigenvalue weighted by molar-refractivity contribution is -0.128. The Kier molecular flexibility index (Phi) is 5.89. The average Bonchev–Trinajstić information content (AvgIpc) is 2.54. The van der Waals surface area contributed by atoms with E-state index in [1.54, 1.807) is 12.1 Å². The topological polar surface area (TPSA) is 87.7 Å². The van der Waals surface area contributed by atoms with Crippen LogP contribution < -0.4 is 15.6 Å². The molecule has 0 aliphatic carbocycles. The number of benzene rings is 2. The SMILES string of the molecule is C[C@H](Oc1ccc(Cl)cc1Cl)C(=O)NNC(=O)c1cccc(O)c1. The number of nitrogens with one attached hydrogen (secondary N) is 2. The fraction of sp³-hybridized carbons (Fsp3) is 0.125. The molecule has 0 fully saturated rings. The summed E-state index contributed by atoms with van der Waals surface area (Å²) >= 11 is 11.8. The van der Waals surface area contributed by atoms with E-state index in [4.69, 9.17) is 27.9 Å². The quantitative estimate of drug-likeness (QED) is 0.724. The summed E-state index contributed by atoms with van der Waals surface area (Å²) in [6.45, 7) is 1.50. The Hall–Kier alpha value is -2.44. The summed E-state index contributed by atoms with van der Waals surface area (Å²) in [5, 5.41) is 10.0. The molecule has 0 saturated carbocycles. The van der Waals surface area contributed by atoms with Gasteiger partial charge < -0.3 is 9.84 Å². The third-order valence-corrected chi connectivity index (χ3v) is 3.50. The van der Waals surface area contributed by atoms with Gasteiger partial charge in [0.1, 0.15) is 11.5 Å². The maximum absolute atomic E-state index is 12.0. The molecule has 2 aromatic rings. The molecule has 0 aliphatic heterocycles. The lowest BCUT2D eigenvalue weighted by Gasteiger charge is -2.16. The summed E-state index contributed by atoms with van der Waals surface area (Å²) in [5.41, 5.74) is 4.67. The Morgan fingerprint density at radius 1 is 1.12 bits per heavy atom. The van der Waals surface area contributed by atoms with Crippen molar-refractivity contribution in [1.82, 2.24) is 10.9 Å². The minimum absolute atomic E-state index is 0.0527. The molecule has 24 heavy (non-hydrogen) atoms. The third-order valence-electron chi connectivity index (χ3n) is 2.97. The molecule has 6 nitrogen and oxygen atoms in total. The number of phenols is 1. The highest BCUT2D eigenvalue weighted by Gasteiger charge is 2.17. The largest absolute Gasteiger partial charge is 0.508 e. The fourth-order valence-electron chi connectivity index (χ4n) is 1.75. The number of amides is 2. The Morgan fingerprint density at radius 2 is 1.88 bits per heavy atom. The smallest absolute Gasteiger partial charge is 0.279 e. The molecule has 2 rings (SSSR count). The van der Waals surface area contributed by atoms with Crippen LogP contribution in [-0.2, 0) is 4.79 Å². The van der Waals surface area contributed by atoms with Gasteiger partial charge in [0, 0.05) is 10.6 Å². The van der Waals surface area contributed by atoms with E-state index in [0.29, 0.717) is 10.8 Å². The molecule has 0 aromatic heterocycles. The molecule has 1 atom stereocenters. The number of hydrazine groups is 1. The van der Waals surface area contributed by atoms with E-state index in [0.717, 1.165) is 0 Å². The number of phenolic OH excluding ortho intramolecular Hbond substituents is 1. The van der Waals surface area contributed by atoms with Gasteiger partial charge in [0.25, 0.3) is 11.8 Å². The third kappa shape index (κ3) is 4.78. The number of ether oxygens (including phenoxy) is 1. The standard InChI is InChI=1S/C16H14Cl2N2O4/c1-9(24-14-6-5-11(17)8-13(14)18)15(22)19-20-16(23)10-3-2-4-12(21)7-10/h2-9,21H,1H3,(H,19,22)(H,20,23)/t9-/m0/s1. The molecule has 8 heteroatoms. The molecular formula is C16H14Cl2N2O4. The van der Waals surface area contributed by atoms with Crippen molar-refractivity contribution in [2.24, 2.45) is 0 Å². The molecule has 0 bridgehead atoms. The van der Waals surface area contributed by atoms with Gasteiger partial charge in [-0.1, -0.05) is 29.3 Å². The lowest BCUT2D eigenvalue weighted by Crippen LogP contribution is -2.47. The van der Waals surface area contributed by atoms with Crippen LogP contribution in [0.3, 0.4) is 0 Å². The number of carbonyl (C=O) groups excluding carboxylic acids is 2. The van der Waals surface area contributed by atoms with E-state index >= 15 is 0 Å². The number of aromatic hydroxyl groups is 1. The van der Waals surface area contributed by atoms with Gasteiger partial charge >= 0.3 is 0 Å². The van der Waals surface area contributed by atoms with Crippen LogP contribution in [0.2, 0.25) is 10.0 Å². The maximum Gasteiger partial charge on any atom is 0.279 e. The van der Waals surface area contributed by atoms with E-state index in [1.807, 2.05) is 0 Å². The van der Waals surface area contributed by atoms with Crippen molar-refractivity contribution in [2.45, 2.75) is 13.0 Å². The van der Waals surface area contributed by atoms with Crippen molar-refractivity contribution in [2.75, 3.05) is 0 Å². The van der Waals surface area contributed by atoms with E-state index in [-0.39, 0.29) is 16.3 Å². The van der Waals surface area contributed by atoms with E-state index in [1.165, 1.54) is 37.3 Å². The van der Waals surface area contributed by atoms with Crippen molar-refractivity contribution in [1.29, 1.82) is 0 Å². The minimum Gasteiger partial charge on any atom is -0.508 e. The number of carbonyl (C=O) groups is 2. The van der Waals surface area contributed by atoms with Crippen LogP contribution >= 0.6 is 23.2 Å². The van der Waals surface area contributed by atoms with E-state index in [9.17, 15) is 14.7 Å². The summed E-state index contributed by atoms with van der Waals surface area (Å²) in [4.78, 5) is 23.8. The molecule has 3 N–H and O–H groups in total. The summed E-state index contributed by atoms with van der Waals surface area (Å²) in [7, 11) is 0. The molecular weight excluding hydrogens is 355 g/mol. The Balaban J connectivity index is 1.90. The molecule has 0 saturated heterocycles. The summed E-state index contributed by atoms with van der Waals surface area (Å²) in [6, 6.07) is 10.3. The van der Waals surface area contributed by atoms with Crippen molar-refractivity contribution < 1.29 is 19.4 Å². The monoisotopic (exact) mass is 368 g/mol. The van der Waals surface area contributed by atoms with Crippen LogP contribution in [0.5, 0.6) is 11.5 Å². The second-order valence-electron chi connectivity index (χ2n) is 4.83. The molecule has 0 unspecified atom stereocenters. The second kappa shape index (κ2) is 7.90. The van der Waals surface area contributed by atoms with E-state index in [2.05, 4.69) is 10.9 Å². The highest BCUT2D eigenvalue weighted by atomic mass is 35.5. The highest BCUT2D eigenvalue weighted by Crippen LogP contribution is 2.28. The van der Waals surface area contributed by atoms with E-state index < -0.39 is 17.9 Å². The average molecular weight is 369 g/mol. The van der Waals surface area contributed by atoms with Crippen LogP contribution in [0.4, 0.5) is 0 Å². The Morgan fingerprint density at radius 3 is 2.54 bits per heavy atom. The molecule has 0 spiro atoms. The molecule has 0 heterocycles. The first-order chi connectivity index (χ1) is 11.4. The van der Waals surface area contributed by atoms with Crippen molar-refractivity contribution in [3.63, 3.8) is 0 Å². The van der Waals surface area contributed by atoms with Gasteiger partial charge in [0.2, 0.25) is 0 Å². The summed E-state index contributed by atoms with van der Waals surface area (Å²) in [5.74, 6) is -0.906. The fourth-order valence-corrected chi connectivity index (χ4v) is 2.21. The zero-order valence-corrected chi connectivity index (χ0v) is 14.1. The molecule has 0 aliphatic rings. The van der Waals surface area contributed by atoms with Gasteiger partial charge in [-0.2, -0.15) is 0 Å². The van der Waals surface area contributed by atoms with Crippen LogP contribution in [0.25, 0.3) is 0 Å². The van der Waals surface area contributed by atoms with Crippen molar-refractivity contribution in [3.8, 4) is 11.5 Å². The first-order valence-electron chi connectivity index (χ1n) is 6.88. The Labute approximate surface area is 148 Å². The lowest BCUT2D eigenvalue weighted by atomic mass is 10.2. The van der Waals surface area contributed by atoms with Crippen LogP contribution in [0.15, 0.2) is 42.5 Å². The van der Waals surface area contributed by atoms with Gasteiger partial charge in [-0.05, 0) is 43.3 Å². The number of hydrogen-bond donors (Lipinski definition) is 3. The number of rotatable bonds is 4. The molecule has 2 amide bonds. The molecule has 126 valence electrons. The first-order valence-corrected chi connectivity index (χ1v) is 7.63. The first kappa shape index (κ1) is 17.9. The number of hydrogen-bond acceptors (Lipinski definition) is 4. The Bertz CT molecular complexity index is 767. The molecule has 0 radical (unpaired) electrons. The van der Waals surface area contributed by atoms with Gasteiger partial charge in [-0.25, -0.2) is 0 Å². The predicted molar refractivity (Wildman–Crippen MR) is 90.3 cm³/mol. The maximum atomic E-state index is 12.0. The van der Waals surface area contributed by atoms with Crippen LogP contribution in [0, 0.1) is 0 Å². The second-order valence-corrected chi connectivity index (χ2v) is 5.67. The van der Waals surface area contributed by atoms with Crippen LogP contribution in [-0.4, -0.2) is 23.0 Å². The van der Waals surface area contributed by atoms with Crippen molar-refractivity contribution in [3.05, 3.63) is 58.1 Å². The zero-order valence-electron chi connectivity index (χ0n) is 12.5. The van der Waals surface area contributed by atoms with Crippen molar-refractivity contribution >= 4 is 35.0 Å². The predicted octanol–water partition coefficient (Wildman–Crippen LogP) is 2.93. The van der Waals surface area contributed by atoms with Gasteiger partial charge in [-0.15, -0.1) is 0 Å². The molecule has 2 aromatic carbocycles.